The topological polar surface area (TPSA) is 77.0 Å². The highest BCUT2D eigenvalue weighted by atomic mass is 16.5. The molecule has 3 rings (SSSR count). The van der Waals surface area contributed by atoms with Crippen LogP contribution in [-0.2, 0) is 6.61 Å². The van der Waals surface area contributed by atoms with Gasteiger partial charge in [-0.1, -0.05) is 18.2 Å². The van der Waals surface area contributed by atoms with Gasteiger partial charge in [-0.15, -0.1) is 0 Å². The van der Waals surface area contributed by atoms with E-state index in [4.69, 9.17) is 13.6 Å². The molecule has 1 N–H and O–H groups in total. The maximum absolute atomic E-state index is 12.0. The summed E-state index contributed by atoms with van der Waals surface area (Å²) in [5.41, 5.74) is 2.99. The highest BCUT2D eigenvalue weighted by molar-refractivity contribution is 5.98. The summed E-state index contributed by atoms with van der Waals surface area (Å²) >= 11 is 0. The average molecular weight is 324 g/mol. The fraction of sp³-hybridized carbons (Fsp3) is 0.111. The first kappa shape index (κ1) is 15.6. The minimum absolute atomic E-state index is 0.164. The zero-order valence-corrected chi connectivity index (χ0v) is 13.1. The fourth-order valence-corrected chi connectivity index (χ4v) is 1.98. The Balaban J connectivity index is 1.56. The molecule has 6 nitrogen and oxygen atoms in total. The number of amides is 1. The number of carbonyl (C=O) groups excluding carboxylic acids is 1. The van der Waals surface area contributed by atoms with Gasteiger partial charge in [0.05, 0.1) is 6.26 Å². The lowest BCUT2D eigenvalue weighted by Gasteiger charge is -2.03. The van der Waals surface area contributed by atoms with Gasteiger partial charge in [-0.05, 0) is 43.3 Å². The van der Waals surface area contributed by atoms with E-state index in [1.165, 1.54) is 0 Å². The Bertz CT molecular complexity index is 820. The standard InChI is InChI=1S/C18H16N2O4/c1-13(16-8-5-11-22-16)19-20-18(21)17-10-9-15(24-17)12-23-14-6-3-2-4-7-14/h2-11H,12H2,1H3,(H,20,21)/b19-13-. The summed E-state index contributed by atoms with van der Waals surface area (Å²) in [6.45, 7) is 1.98. The number of hydrogen-bond donors (Lipinski definition) is 1. The minimum atomic E-state index is -0.438. The number of benzene rings is 1. The largest absolute Gasteiger partial charge is 0.486 e. The lowest BCUT2D eigenvalue weighted by Crippen LogP contribution is -2.18. The van der Waals surface area contributed by atoms with E-state index in [0.29, 0.717) is 17.2 Å². The molecule has 0 aliphatic rings. The van der Waals surface area contributed by atoms with Crippen molar-refractivity contribution in [1.29, 1.82) is 0 Å². The highest BCUT2D eigenvalue weighted by Crippen LogP contribution is 2.14. The van der Waals surface area contributed by atoms with Crippen LogP contribution in [0.2, 0.25) is 0 Å². The quantitative estimate of drug-likeness (QED) is 0.555. The number of nitrogens with zero attached hydrogens (tertiary/aromatic N) is 1. The summed E-state index contributed by atoms with van der Waals surface area (Å²) in [5.74, 6) is 1.60. The van der Waals surface area contributed by atoms with Crippen molar-refractivity contribution < 1.29 is 18.4 Å². The third kappa shape index (κ3) is 3.92. The van der Waals surface area contributed by atoms with E-state index in [2.05, 4.69) is 10.5 Å². The molecule has 0 bridgehead atoms. The van der Waals surface area contributed by atoms with E-state index in [9.17, 15) is 4.79 Å². The molecule has 0 aliphatic carbocycles. The Kier molecular flexibility index (Phi) is 4.76. The molecular formula is C18H16N2O4. The van der Waals surface area contributed by atoms with E-state index < -0.39 is 5.91 Å². The van der Waals surface area contributed by atoms with Gasteiger partial charge in [-0.2, -0.15) is 5.10 Å². The lowest BCUT2D eigenvalue weighted by molar-refractivity contribution is 0.0923. The maximum Gasteiger partial charge on any atom is 0.307 e. The number of para-hydroxylation sites is 1. The Morgan fingerprint density at radius 2 is 1.92 bits per heavy atom. The number of furan rings is 2. The Morgan fingerprint density at radius 1 is 1.08 bits per heavy atom. The van der Waals surface area contributed by atoms with Crippen molar-refractivity contribution in [3.63, 3.8) is 0 Å². The van der Waals surface area contributed by atoms with Gasteiger partial charge < -0.3 is 13.6 Å². The number of rotatable bonds is 6. The van der Waals surface area contributed by atoms with Gasteiger partial charge in [0.25, 0.3) is 0 Å². The summed E-state index contributed by atoms with van der Waals surface area (Å²) in [6, 6.07) is 16.2. The molecule has 0 saturated carbocycles. The van der Waals surface area contributed by atoms with Gasteiger partial charge in [-0.25, -0.2) is 5.43 Å². The average Bonchev–Trinajstić information content (AvgIpc) is 3.30. The van der Waals surface area contributed by atoms with Gasteiger partial charge in [0.15, 0.2) is 5.76 Å². The van der Waals surface area contributed by atoms with Crippen LogP contribution in [0.5, 0.6) is 5.75 Å². The molecule has 0 fully saturated rings. The third-order valence-electron chi connectivity index (χ3n) is 3.21. The van der Waals surface area contributed by atoms with E-state index in [1.807, 2.05) is 30.3 Å². The number of hydrazone groups is 1. The van der Waals surface area contributed by atoms with Crippen LogP contribution >= 0.6 is 0 Å². The van der Waals surface area contributed by atoms with Crippen molar-refractivity contribution in [3.8, 4) is 5.75 Å². The minimum Gasteiger partial charge on any atom is -0.486 e. The van der Waals surface area contributed by atoms with Crippen LogP contribution in [0.15, 0.2) is 74.8 Å². The summed E-state index contributed by atoms with van der Waals surface area (Å²) in [7, 11) is 0. The number of nitrogens with one attached hydrogen (secondary N) is 1. The van der Waals surface area contributed by atoms with E-state index in [1.54, 1.807) is 37.5 Å². The lowest BCUT2D eigenvalue weighted by atomic mass is 10.3. The first-order valence-corrected chi connectivity index (χ1v) is 7.37. The van der Waals surface area contributed by atoms with Gasteiger partial charge in [-0.3, -0.25) is 4.79 Å². The number of ether oxygens (including phenoxy) is 1. The molecule has 122 valence electrons. The van der Waals surface area contributed by atoms with Gasteiger partial charge in [0, 0.05) is 0 Å². The molecule has 3 aromatic rings. The summed E-state index contributed by atoms with van der Waals surface area (Å²) in [5, 5.41) is 3.98. The third-order valence-corrected chi connectivity index (χ3v) is 3.21. The number of hydrogen-bond acceptors (Lipinski definition) is 5. The van der Waals surface area contributed by atoms with Crippen molar-refractivity contribution in [1.82, 2.24) is 5.43 Å². The molecular weight excluding hydrogens is 308 g/mol. The number of carbonyl (C=O) groups is 1. The second kappa shape index (κ2) is 7.32. The molecule has 2 heterocycles. The van der Waals surface area contributed by atoms with Crippen LogP contribution in [0.4, 0.5) is 0 Å². The zero-order chi connectivity index (χ0) is 16.8. The van der Waals surface area contributed by atoms with Crippen LogP contribution in [0.1, 0.15) is 29.0 Å². The first-order valence-electron chi connectivity index (χ1n) is 7.37. The van der Waals surface area contributed by atoms with Crippen LogP contribution in [0, 0.1) is 0 Å². The van der Waals surface area contributed by atoms with Crippen molar-refractivity contribution in [2.75, 3.05) is 0 Å². The summed E-state index contributed by atoms with van der Waals surface area (Å²) in [6.07, 6.45) is 1.54. The molecule has 0 atom stereocenters. The van der Waals surface area contributed by atoms with Gasteiger partial charge in [0.2, 0.25) is 0 Å². The maximum atomic E-state index is 12.0. The van der Waals surface area contributed by atoms with E-state index >= 15 is 0 Å². The fourth-order valence-electron chi connectivity index (χ4n) is 1.98. The van der Waals surface area contributed by atoms with Crippen LogP contribution in [-0.4, -0.2) is 11.6 Å². The predicted octanol–water partition coefficient (Wildman–Crippen LogP) is 3.61. The molecule has 6 heteroatoms. The smallest absolute Gasteiger partial charge is 0.307 e. The molecule has 0 radical (unpaired) electrons. The van der Waals surface area contributed by atoms with Crippen LogP contribution in [0.25, 0.3) is 0 Å². The zero-order valence-electron chi connectivity index (χ0n) is 13.1. The normalized spacial score (nSPS) is 11.3. The van der Waals surface area contributed by atoms with Gasteiger partial charge in [0.1, 0.15) is 29.6 Å². The molecule has 0 saturated heterocycles. The predicted molar refractivity (Wildman–Crippen MR) is 87.9 cm³/mol. The first-order chi connectivity index (χ1) is 11.7. The Labute approximate surface area is 138 Å². The summed E-state index contributed by atoms with van der Waals surface area (Å²) in [4.78, 5) is 12.0. The SMILES string of the molecule is C/C(=N/NC(=O)c1ccc(COc2ccccc2)o1)c1ccco1. The Morgan fingerprint density at radius 3 is 2.67 bits per heavy atom. The second-order valence-corrected chi connectivity index (χ2v) is 4.98. The molecule has 2 aromatic heterocycles. The van der Waals surface area contributed by atoms with Crippen molar-refractivity contribution in [3.05, 3.63) is 78.1 Å². The molecule has 0 unspecified atom stereocenters. The van der Waals surface area contributed by atoms with E-state index in [0.717, 1.165) is 5.75 Å². The van der Waals surface area contributed by atoms with Gasteiger partial charge >= 0.3 is 5.91 Å². The second-order valence-electron chi connectivity index (χ2n) is 4.98. The Hall–Kier alpha value is -3.28. The monoisotopic (exact) mass is 324 g/mol. The van der Waals surface area contributed by atoms with Crippen LogP contribution < -0.4 is 10.2 Å². The summed E-state index contributed by atoms with van der Waals surface area (Å²) < 4.78 is 16.2. The van der Waals surface area contributed by atoms with Crippen LogP contribution in [0.3, 0.4) is 0 Å². The van der Waals surface area contributed by atoms with Crippen molar-refractivity contribution >= 4 is 11.6 Å². The van der Waals surface area contributed by atoms with Crippen molar-refractivity contribution in [2.45, 2.75) is 13.5 Å². The molecule has 1 amide bonds. The highest BCUT2D eigenvalue weighted by Gasteiger charge is 2.11. The molecule has 0 aliphatic heterocycles. The van der Waals surface area contributed by atoms with E-state index in [-0.39, 0.29) is 12.4 Å². The molecule has 0 spiro atoms. The molecule has 24 heavy (non-hydrogen) atoms. The molecule has 1 aromatic carbocycles. The van der Waals surface area contributed by atoms with Crippen molar-refractivity contribution in [2.24, 2.45) is 5.10 Å².